The van der Waals surface area contributed by atoms with Crippen LogP contribution in [0.4, 0.5) is 17.1 Å². The average molecular weight is 859 g/mol. The molecule has 62 heavy (non-hydrogen) atoms. The van der Waals surface area contributed by atoms with E-state index in [2.05, 4.69) is 15.6 Å². The minimum atomic E-state index is -2.92. The number of carbonyl (C=O) groups excluding carboxylic acids is 2. The summed E-state index contributed by atoms with van der Waals surface area (Å²) in [7, 11) is -2.92. The van der Waals surface area contributed by atoms with E-state index in [0.717, 1.165) is 45.8 Å². The third-order valence-electron chi connectivity index (χ3n) is 12.9. The molecule has 1 fully saturated rings. The van der Waals surface area contributed by atoms with E-state index in [1.54, 1.807) is 14.5 Å². The molecular formula is C48H58N6O7Si. The summed E-state index contributed by atoms with van der Waals surface area (Å²) in [6.45, 7) is 9.65. The molecule has 1 aromatic heterocycles. The van der Waals surface area contributed by atoms with Crippen molar-refractivity contribution < 1.29 is 34.1 Å². The second-order valence-corrected chi connectivity index (χ2v) is 21.3. The number of hydrogen-bond donors (Lipinski definition) is 4. The Morgan fingerprint density at radius 3 is 2.52 bits per heavy atom. The summed E-state index contributed by atoms with van der Waals surface area (Å²) < 4.78 is 14.7. The van der Waals surface area contributed by atoms with Crippen LogP contribution in [0.25, 0.3) is 0 Å². The molecule has 4 N–H and O–H groups in total. The number of rotatable bonds is 17. The Bertz CT molecular complexity index is 2370. The quantitative estimate of drug-likeness (QED) is 0.0627. The Morgan fingerprint density at radius 2 is 1.76 bits per heavy atom. The molecule has 13 nitrogen and oxygen atoms in total. The lowest BCUT2D eigenvalue weighted by Gasteiger charge is -2.35. The molecule has 5 aromatic rings. The first kappa shape index (κ1) is 43.4. The molecular weight excluding hydrogens is 801 g/mol. The molecule has 8 rings (SSSR count). The summed E-state index contributed by atoms with van der Waals surface area (Å²) in [5.41, 5.74) is 4.91. The van der Waals surface area contributed by atoms with E-state index in [1.165, 1.54) is 0 Å². The molecule has 0 bridgehead atoms. The maximum absolute atomic E-state index is 15.2. The fourth-order valence-corrected chi connectivity index (χ4v) is 12.7. The van der Waals surface area contributed by atoms with Gasteiger partial charge in [0.15, 0.2) is 13.9 Å². The fraction of sp³-hybridized carbons (Fsp3) is 0.417. The number of amides is 2. The Hall–Kier alpha value is -5.22. The number of aliphatic hydroxyl groups excluding tert-OH is 2. The van der Waals surface area contributed by atoms with Crippen molar-refractivity contribution in [2.45, 2.75) is 94.9 Å². The minimum Gasteiger partial charge on any atom is -0.494 e. The highest BCUT2D eigenvalue weighted by Crippen LogP contribution is 2.59. The van der Waals surface area contributed by atoms with Crippen molar-refractivity contribution >= 4 is 37.2 Å². The zero-order valence-corrected chi connectivity index (χ0v) is 37.0. The maximum Gasteiger partial charge on any atom is 0.264 e. The second-order valence-electron chi connectivity index (χ2n) is 17.3. The molecule has 3 aliphatic rings. The number of anilines is 3. The van der Waals surface area contributed by atoms with Gasteiger partial charge in [-0.3, -0.25) is 19.2 Å². The Labute approximate surface area is 364 Å². The molecule has 6 atom stereocenters. The van der Waals surface area contributed by atoms with Crippen molar-refractivity contribution in [1.29, 1.82) is 0 Å². The van der Waals surface area contributed by atoms with Crippen molar-refractivity contribution in [2.75, 3.05) is 36.2 Å². The van der Waals surface area contributed by atoms with Gasteiger partial charge in [-0.25, -0.2) is 0 Å². The normalized spacial score (nSPS) is 22.6. The second kappa shape index (κ2) is 18.2. The van der Waals surface area contributed by atoms with Gasteiger partial charge in [-0.05, 0) is 105 Å². The number of carbonyl (C=O) groups is 2. The van der Waals surface area contributed by atoms with Crippen LogP contribution in [0.15, 0.2) is 103 Å². The topological polar surface area (TPSA) is 163 Å². The van der Waals surface area contributed by atoms with E-state index in [9.17, 15) is 19.8 Å². The van der Waals surface area contributed by atoms with Crippen molar-refractivity contribution in [3.8, 4) is 5.75 Å². The average Bonchev–Trinajstić information content (AvgIpc) is 3.92. The number of aliphatic hydroxyl groups is 2. The van der Waals surface area contributed by atoms with Gasteiger partial charge in [0.1, 0.15) is 5.75 Å². The third kappa shape index (κ3) is 8.23. The number of benzene rings is 4. The number of aryl methyl sites for hydroxylation is 1. The molecule has 2 unspecified atom stereocenters. The van der Waals surface area contributed by atoms with E-state index in [-0.39, 0.29) is 48.9 Å². The van der Waals surface area contributed by atoms with Crippen molar-refractivity contribution in [3.63, 3.8) is 0 Å². The summed E-state index contributed by atoms with van der Waals surface area (Å²) in [6.07, 6.45) is 3.83. The highest BCUT2D eigenvalue weighted by Gasteiger charge is 2.66. The molecule has 0 radical (unpaired) electrons. The molecule has 14 heteroatoms. The van der Waals surface area contributed by atoms with E-state index >= 15 is 4.79 Å². The van der Waals surface area contributed by atoms with Crippen LogP contribution < -0.4 is 19.9 Å². The first-order valence-corrected chi connectivity index (χ1v) is 24.9. The molecule has 0 aliphatic carbocycles. The van der Waals surface area contributed by atoms with Crippen molar-refractivity contribution in [3.05, 3.63) is 131 Å². The molecule has 2 amide bonds. The van der Waals surface area contributed by atoms with E-state index in [0.29, 0.717) is 50.3 Å². The lowest BCUT2D eigenvalue weighted by atomic mass is 9.82. The van der Waals surface area contributed by atoms with Gasteiger partial charge in [0.2, 0.25) is 5.91 Å². The van der Waals surface area contributed by atoms with Crippen molar-refractivity contribution in [1.82, 2.24) is 20.3 Å². The summed E-state index contributed by atoms with van der Waals surface area (Å²) in [5.74, 6) is -0.140. The van der Waals surface area contributed by atoms with Crippen LogP contribution in [0.3, 0.4) is 0 Å². The standard InChI is InChI=1S/C48H58N6O7Si/c1-5-60-37-20-21-42-35(27-37)28-40(49-23-11-12-25-55)46(57)54(42)36-17-13-14-33(26-36)29-53-43-19-10-9-18-39(43)48(47(53)58)32(2)45(62(3,4)59)44(61-48)22-24-52-30-41(50-51-52)38(31-56)34-15-7-6-8-16-34/h6-10,13-21,26-27,30,32,38,40,44-45,49,55-56,59H,5,11-12,22-25,28-29,31H2,1-4H3/t32-,38?,40?,44+,45-,48+/m0/s1. The van der Waals surface area contributed by atoms with Gasteiger partial charge >= 0.3 is 0 Å². The number of aromatic nitrogens is 3. The molecule has 0 saturated carbocycles. The van der Waals surface area contributed by atoms with Crippen LogP contribution in [0.2, 0.25) is 18.6 Å². The van der Waals surface area contributed by atoms with Crippen LogP contribution in [0, 0.1) is 5.92 Å². The van der Waals surface area contributed by atoms with E-state index in [1.807, 2.05) is 130 Å². The smallest absolute Gasteiger partial charge is 0.264 e. The third-order valence-corrected chi connectivity index (χ3v) is 15.4. The Morgan fingerprint density at radius 1 is 0.968 bits per heavy atom. The summed E-state index contributed by atoms with van der Waals surface area (Å²) in [4.78, 5) is 44.9. The largest absolute Gasteiger partial charge is 0.494 e. The van der Waals surface area contributed by atoms with Crippen LogP contribution in [-0.4, -0.2) is 88.6 Å². The van der Waals surface area contributed by atoms with Gasteiger partial charge < -0.3 is 34.7 Å². The fourth-order valence-electron chi connectivity index (χ4n) is 10.1. The zero-order valence-electron chi connectivity index (χ0n) is 36.0. The van der Waals surface area contributed by atoms with Gasteiger partial charge in [0, 0.05) is 42.1 Å². The maximum atomic E-state index is 15.2. The van der Waals surface area contributed by atoms with Gasteiger partial charge in [-0.2, -0.15) is 0 Å². The number of nitrogens with zero attached hydrogens (tertiary/aromatic N) is 5. The summed E-state index contributed by atoms with van der Waals surface area (Å²) >= 11 is 0. The van der Waals surface area contributed by atoms with Gasteiger partial charge in [-0.1, -0.05) is 72.8 Å². The summed E-state index contributed by atoms with van der Waals surface area (Å²) in [5, 5.41) is 31.8. The van der Waals surface area contributed by atoms with Gasteiger partial charge in [0.25, 0.3) is 5.91 Å². The lowest BCUT2D eigenvalue weighted by molar-refractivity contribution is -0.146. The number of unbranched alkanes of at least 4 members (excludes halogenated alkanes) is 1. The molecule has 3 aliphatic heterocycles. The molecule has 1 spiro atoms. The number of fused-ring (bicyclic) bond motifs is 3. The Balaban J connectivity index is 1.06. The first-order chi connectivity index (χ1) is 30.0. The van der Waals surface area contributed by atoms with E-state index in [4.69, 9.17) is 9.47 Å². The molecule has 4 heterocycles. The monoisotopic (exact) mass is 858 g/mol. The van der Waals surface area contributed by atoms with Gasteiger partial charge in [0.05, 0.1) is 54.9 Å². The number of nitrogens with one attached hydrogen (secondary N) is 1. The van der Waals surface area contributed by atoms with Crippen LogP contribution in [0.5, 0.6) is 5.75 Å². The predicted molar refractivity (Wildman–Crippen MR) is 240 cm³/mol. The Kier molecular flexibility index (Phi) is 12.8. The van der Waals surface area contributed by atoms with Crippen molar-refractivity contribution in [2.24, 2.45) is 5.92 Å². The highest BCUT2D eigenvalue weighted by atomic mass is 28.4. The van der Waals surface area contributed by atoms with Crippen LogP contribution in [-0.2, 0) is 39.4 Å². The SMILES string of the molecule is CCOc1ccc2c(c1)CC(NCCCCO)C(=O)N2c1cccc(CN2C(=O)[C@]3(O[C@H](CCn4cc(C(CO)c5ccccc5)nn4)[C@@H]([Si](C)(C)O)[C@@H]3C)c3ccccc32)c1. The summed E-state index contributed by atoms with van der Waals surface area (Å²) in [6, 6.07) is 30.7. The molecule has 326 valence electrons. The number of para-hydroxylation sites is 1. The predicted octanol–water partition coefficient (Wildman–Crippen LogP) is 6.19. The zero-order chi connectivity index (χ0) is 43.6. The van der Waals surface area contributed by atoms with E-state index < -0.39 is 26.1 Å². The lowest BCUT2D eigenvalue weighted by Crippen LogP contribution is -2.49. The molecule has 1 saturated heterocycles. The number of ether oxygens (including phenoxy) is 2. The highest BCUT2D eigenvalue weighted by molar-refractivity contribution is 6.71. The minimum absolute atomic E-state index is 0.0723. The van der Waals surface area contributed by atoms with Crippen LogP contribution >= 0.6 is 0 Å². The van der Waals surface area contributed by atoms with Crippen LogP contribution in [0.1, 0.15) is 67.0 Å². The number of hydrogen-bond acceptors (Lipinski definition) is 10. The first-order valence-electron chi connectivity index (χ1n) is 21.9. The van der Waals surface area contributed by atoms with Gasteiger partial charge in [-0.15, -0.1) is 5.10 Å². The molecule has 4 aromatic carbocycles.